The van der Waals surface area contributed by atoms with E-state index < -0.39 is 29.4 Å². The molecule has 0 radical (unpaired) electrons. The van der Waals surface area contributed by atoms with Crippen LogP contribution in [0.15, 0.2) is 65.5 Å². The summed E-state index contributed by atoms with van der Waals surface area (Å²) in [5.74, 6) is -1.33. The minimum absolute atomic E-state index is 0.115. The van der Waals surface area contributed by atoms with Gasteiger partial charge in [0.05, 0.1) is 6.54 Å². The van der Waals surface area contributed by atoms with Crippen LogP contribution in [-0.4, -0.2) is 34.4 Å². The molecule has 1 heterocycles. The number of amides is 1. The van der Waals surface area contributed by atoms with Crippen molar-refractivity contribution < 1.29 is 23.5 Å². The molecule has 3 rings (SSSR count). The van der Waals surface area contributed by atoms with Gasteiger partial charge in [-0.1, -0.05) is 24.3 Å². The van der Waals surface area contributed by atoms with Crippen molar-refractivity contribution in [1.82, 2.24) is 9.78 Å². The fourth-order valence-corrected chi connectivity index (χ4v) is 2.67. The molecule has 1 N–H and O–H groups in total. The molecule has 1 aromatic heterocycles. The number of anilines is 1. The minimum atomic E-state index is -1.17. The van der Waals surface area contributed by atoms with Gasteiger partial charge in [0, 0.05) is 11.8 Å². The summed E-state index contributed by atoms with van der Waals surface area (Å²) in [6.07, 6.45) is -1.17. The van der Waals surface area contributed by atoms with Crippen molar-refractivity contribution in [2.75, 3.05) is 11.9 Å². The highest BCUT2D eigenvalue weighted by atomic mass is 19.1. The Morgan fingerprint density at radius 2 is 1.88 bits per heavy atom. The van der Waals surface area contributed by atoms with Gasteiger partial charge in [0.25, 0.3) is 11.5 Å². The first-order chi connectivity index (χ1) is 15.3. The second-order valence-corrected chi connectivity index (χ2v) is 6.94. The normalized spacial score (nSPS) is 11.5. The van der Waals surface area contributed by atoms with Crippen molar-refractivity contribution >= 4 is 17.6 Å². The van der Waals surface area contributed by atoms with Crippen LogP contribution in [0.25, 0.3) is 0 Å². The maximum Gasteiger partial charge on any atom is 0.359 e. The molecule has 8 nitrogen and oxygen atoms in total. The summed E-state index contributed by atoms with van der Waals surface area (Å²) >= 11 is 0. The molecule has 0 aliphatic heterocycles. The van der Waals surface area contributed by atoms with Gasteiger partial charge >= 0.3 is 5.97 Å². The smallest absolute Gasteiger partial charge is 0.359 e. The largest absolute Gasteiger partial charge is 0.492 e. The molecule has 0 spiro atoms. The number of nitrogens with zero attached hydrogens (tertiary/aromatic N) is 2. The first-order valence-electron chi connectivity index (χ1n) is 9.87. The van der Waals surface area contributed by atoms with Crippen molar-refractivity contribution in [1.29, 1.82) is 0 Å². The number of carbonyl (C=O) groups is 2. The van der Waals surface area contributed by atoms with Crippen molar-refractivity contribution in [3.8, 4) is 5.75 Å². The van der Waals surface area contributed by atoms with Crippen LogP contribution in [0.1, 0.15) is 23.0 Å². The lowest BCUT2D eigenvalue weighted by molar-refractivity contribution is -0.123. The van der Waals surface area contributed by atoms with Crippen molar-refractivity contribution in [2.45, 2.75) is 26.5 Å². The number of nitrogens with one attached hydrogen (secondary N) is 1. The van der Waals surface area contributed by atoms with Crippen LogP contribution in [0.2, 0.25) is 0 Å². The summed E-state index contributed by atoms with van der Waals surface area (Å²) < 4.78 is 25.4. The number of para-hydroxylation sites is 1. The van der Waals surface area contributed by atoms with E-state index in [2.05, 4.69) is 10.4 Å². The molecule has 1 atom stereocenters. The van der Waals surface area contributed by atoms with Gasteiger partial charge in [-0.2, -0.15) is 5.10 Å². The van der Waals surface area contributed by atoms with Crippen LogP contribution in [0.5, 0.6) is 5.75 Å². The summed E-state index contributed by atoms with van der Waals surface area (Å²) in [5.41, 5.74) is 0.139. The lowest BCUT2D eigenvalue weighted by Crippen LogP contribution is -2.32. The zero-order valence-corrected chi connectivity index (χ0v) is 17.6. The Hall–Kier alpha value is -4.01. The van der Waals surface area contributed by atoms with Gasteiger partial charge in [-0.15, -0.1) is 0 Å². The third kappa shape index (κ3) is 6.00. The predicted octanol–water partition coefficient (Wildman–Crippen LogP) is 2.95. The van der Waals surface area contributed by atoms with Crippen LogP contribution in [0, 0.1) is 12.7 Å². The van der Waals surface area contributed by atoms with E-state index >= 15 is 0 Å². The predicted molar refractivity (Wildman–Crippen MR) is 115 cm³/mol. The number of aryl methyl sites for hydroxylation is 1. The van der Waals surface area contributed by atoms with Crippen LogP contribution in [0.4, 0.5) is 10.1 Å². The standard InChI is InChI=1S/C23H22FN3O5/c1-15-8-9-17(14-19(15)24)25-22(29)16(2)32-23(30)20-10-11-21(28)27(26-20)12-13-31-18-6-4-3-5-7-18/h3-11,14,16H,12-13H2,1-2H3,(H,25,29). The summed E-state index contributed by atoms with van der Waals surface area (Å²) in [6, 6.07) is 15.7. The molecule has 2 aromatic carbocycles. The summed E-state index contributed by atoms with van der Waals surface area (Å²) in [4.78, 5) is 36.7. The Labute approximate surface area is 183 Å². The Morgan fingerprint density at radius 3 is 2.59 bits per heavy atom. The Morgan fingerprint density at radius 1 is 1.12 bits per heavy atom. The number of esters is 1. The maximum atomic E-state index is 13.6. The van der Waals surface area contributed by atoms with E-state index in [0.717, 1.165) is 4.68 Å². The highest BCUT2D eigenvalue weighted by molar-refractivity contribution is 5.96. The average Bonchev–Trinajstić information content (AvgIpc) is 2.78. The van der Waals surface area contributed by atoms with Crippen LogP contribution < -0.4 is 15.6 Å². The number of aromatic nitrogens is 2. The molecule has 0 aliphatic carbocycles. The van der Waals surface area contributed by atoms with E-state index in [1.807, 2.05) is 18.2 Å². The molecular formula is C23H22FN3O5. The topological polar surface area (TPSA) is 99.5 Å². The third-order valence-corrected chi connectivity index (χ3v) is 4.48. The summed E-state index contributed by atoms with van der Waals surface area (Å²) in [7, 11) is 0. The van der Waals surface area contributed by atoms with Crippen molar-refractivity contribution in [3.05, 3.63) is 88.1 Å². The lowest BCUT2D eigenvalue weighted by Gasteiger charge is -2.14. The number of hydrogen-bond donors (Lipinski definition) is 1. The van der Waals surface area contributed by atoms with E-state index in [0.29, 0.717) is 11.3 Å². The first kappa shape index (κ1) is 22.7. The maximum absolute atomic E-state index is 13.6. The van der Waals surface area contributed by atoms with E-state index in [4.69, 9.17) is 9.47 Å². The van der Waals surface area contributed by atoms with E-state index in [-0.39, 0.29) is 24.5 Å². The second-order valence-electron chi connectivity index (χ2n) is 6.94. The van der Waals surface area contributed by atoms with Crippen LogP contribution in [-0.2, 0) is 16.1 Å². The molecule has 9 heteroatoms. The number of halogens is 1. The van der Waals surface area contributed by atoms with Gasteiger partial charge in [-0.3, -0.25) is 9.59 Å². The van der Waals surface area contributed by atoms with Gasteiger partial charge in [-0.25, -0.2) is 13.9 Å². The third-order valence-electron chi connectivity index (χ3n) is 4.48. The first-order valence-corrected chi connectivity index (χ1v) is 9.87. The Kier molecular flexibility index (Phi) is 7.33. The van der Waals surface area contributed by atoms with Gasteiger partial charge in [0.1, 0.15) is 18.2 Å². The zero-order valence-electron chi connectivity index (χ0n) is 17.6. The molecule has 0 saturated carbocycles. The molecule has 0 aliphatic rings. The highest BCUT2D eigenvalue weighted by Gasteiger charge is 2.21. The van der Waals surface area contributed by atoms with Crippen LogP contribution >= 0.6 is 0 Å². The highest BCUT2D eigenvalue weighted by Crippen LogP contribution is 2.14. The number of benzene rings is 2. The average molecular weight is 439 g/mol. The Balaban J connectivity index is 1.58. The molecular weight excluding hydrogens is 417 g/mol. The second kappa shape index (κ2) is 10.3. The number of hydrogen-bond acceptors (Lipinski definition) is 6. The quantitative estimate of drug-likeness (QED) is 0.542. The van der Waals surface area contributed by atoms with Crippen molar-refractivity contribution in [2.24, 2.45) is 0 Å². The van der Waals surface area contributed by atoms with E-state index in [1.54, 1.807) is 25.1 Å². The fraction of sp³-hybridized carbons (Fsp3) is 0.217. The van der Waals surface area contributed by atoms with E-state index in [1.165, 1.54) is 31.2 Å². The molecule has 0 fully saturated rings. The molecule has 1 unspecified atom stereocenters. The minimum Gasteiger partial charge on any atom is -0.492 e. The van der Waals surface area contributed by atoms with E-state index in [9.17, 15) is 18.8 Å². The SMILES string of the molecule is Cc1ccc(NC(=O)C(C)OC(=O)c2ccc(=O)n(CCOc3ccccc3)n2)cc1F. The summed E-state index contributed by atoms with van der Waals surface area (Å²) in [5, 5.41) is 6.47. The molecule has 32 heavy (non-hydrogen) atoms. The van der Waals surface area contributed by atoms with Gasteiger partial charge in [0.2, 0.25) is 0 Å². The fourth-order valence-electron chi connectivity index (χ4n) is 2.67. The number of carbonyl (C=O) groups excluding carboxylic acids is 2. The molecule has 3 aromatic rings. The Bertz CT molecular complexity index is 1160. The van der Waals surface area contributed by atoms with Gasteiger partial charge < -0.3 is 14.8 Å². The molecule has 0 bridgehead atoms. The van der Waals surface area contributed by atoms with Gasteiger partial charge in [0.15, 0.2) is 11.8 Å². The van der Waals surface area contributed by atoms with Gasteiger partial charge in [-0.05, 0) is 49.7 Å². The summed E-state index contributed by atoms with van der Waals surface area (Å²) in [6.45, 7) is 3.26. The zero-order chi connectivity index (χ0) is 23.1. The lowest BCUT2D eigenvalue weighted by atomic mass is 10.2. The monoisotopic (exact) mass is 439 g/mol. The van der Waals surface area contributed by atoms with Crippen molar-refractivity contribution in [3.63, 3.8) is 0 Å². The molecule has 166 valence electrons. The number of rotatable bonds is 8. The molecule has 1 amide bonds. The van der Waals surface area contributed by atoms with Crippen LogP contribution in [0.3, 0.4) is 0 Å². The number of ether oxygens (including phenoxy) is 2. The molecule has 0 saturated heterocycles.